The van der Waals surface area contributed by atoms with Crippen LogP contribution in [0, 0.1) is 12.8 Å². The maximum atomic E-state index is 12.5. The van der Waals surface area contributed by atoms with Crippen molar-refractivity contribution in [3.05, 3.63) is 76.5 Å². The molecule has 3 nitrogen and oxygen atoms in total. The zero-order chi connectivity index (χ0) is 17.2. The normalized spacial score (nSPS) is 18.6. The van der Waals surface area contributed by atoms with Crippen LogP contribution in [0.2, 0.25) is 0 Å². The Hall–Kier alpha value is -2.59. The third-order valence-corrected chi connectivity index (χ3v) is 5.58. The Bertz CT molecular complexity index is 888. The van der Waals surface area contributed by atoms with Gasteiger partial charge in [0.15, 0.2) is 0 Å². The number of para-hydroxylation sites is 1. The number of thiophene rings is 1. The van der Waals surface area contributed by atoms with E-state index in [2.05, 4.69) is 29.7 Å². The van der Waals surface area contributed by atoms with Gasteiger partial charge in [0.1, 0.15) is 0 Å². The highest BCUT2D eigenvalue weighted by Crippen LogP contribution is 2.50. The first-order chi connectivity index (χ1) is 12.2. The van der Waals surface area contributed by atoms with E-state index in [1.807, 2.05) is 54.6 Å². The van der Waals surface area contributed by atoms with Crippen molar-refractivity contribution in [1.82, 2.24) is 0 Å². The number of amides is 1. The number of hydrogen-bond acceptors (Lipinski definition) is 3. The van der Waals surface area contributed by atoms with Crippen LogP contribution in [-0.2, 0) is 4.79 Å². The van der Waals surface area contributed by atoms with E-state index >= 15 is 0 Å². The predicted octanol–water partition coefficient (Wildman–Crippen LogP) is 5.54. The van der Waals surface area contributed by atoms with Crippen molar-refractivity contribution in [3.63, 3.8) is 0 Å². The van der Waals surface area contributed by atoms with Crippen LogP contribution in [0.15, 0.2) is 66.7 Å². The second-order valence-electron chi connectivity index (χ2n) is 6.46. The minimum atomic E-state index is 0.101. The lowest BCUT2D eigenvalue weighted by Gasteiger charge is -2.09. The molecule has 1 aliphatic carbocycles. The number of nitrogens with one attached hydrogen (secondary N) is 2. The van der Waals surface area contributed by atoms with Crippen molar-refractivity contribution in [1.29, 1.82) is 0 Å². The summed E-state index contributed by atoms with van der Waals surface area (Å²) in [6.07, 6.45) is 0.952. The molecule has 1 fully saturated rings. The molecule has 0 radical (unpaired) electrons. The van der Waals surface area contributed by atoms with E-state index in [1.165, 1.54) is 9.75 Å². The molecule has 2 aromatic carbocycles. The lowest BCUT2D eigenvalue weighted by atomic mass is 10.2. The average molecular weight is 348 g/mol. The fraction of sp³-hybridized carbons (Fsp3) is 0.190. The molecule has 0 aliphatic heterocycles. The first kappa shape index (κ1) is 15.9. The standard InChI is InChI=1S/C21H20N2OS/c1-14-10-11-20(25-14)18-13-19(18)21(24)23-17-9-5-8-16(12-17)22-15-6-3-2-4-7-15/h2-12,18-19,22H,13H2,1H3,(H,23,24)/t18-,19-/m0/s1. The van der Waals surface area contributed by atoms with E-state index in [1.54, 1.807) is 11.3 Å². The van der Waals surface area contributed by atoms with Gasteiger partial charge in [-0.05, 0) is 55.8 Å². The van der Waals surface area contributed by atoms with Gasteiger partial charge in [0.05, 0.1) is 0 Å². The van der Waals surface area contributed by atoms with Gasteiger partial charge in [-0.15, -0.1) is 11.3 Å². The molecule has 1 saturated carbocycles. The third kappa shape index (κ3) is 3.74. The van der Waals surface area contributed by atoms with Crippen LogP contribution < -0.4 is 10.6 Å². The molecule has 0 saturated heterocycles. The summed E-state index contributed by atoms with van der Waals surface area (Å²) >= 11 is 1.80. The molecule has 1 heterocycles. The zero-order valence-corrected chi connectivity index (χ0v) is 14.8. The summed E-state index contributed by atoms with van der Waals surface area (Å²) < 4.78 is 0. The van der Waals surface area contributed by atoms with E-state index in [0.717, 1.165) is 23.5 Å². The second-order valence-corrected chi connectivity index (χ2v) is 7.78. The van der Waals surface area contributed by atoms with Crippen LogP contribution in [0.3, 0.4) is 0 Å². The van der Waals surface area contributed by atoms with Crippen molar-refractivity contribution >= 4 is 34.3 Å². The molecule has 4 heteroatoms. The zero-order valence-electron chi connectivity index (χ0n) is 14.0. The Morgan fingerprint density at radius 2 is 1.72 bits per heavy atom. The number of benzene rings is 2. The van der Waals surface area contributed by atoms with Gasteiger partial charge < -0.3 is 10.6 Å². The maximum Gasteiger partial charge on any atom is 0.228 e. The van der Waals surface area contributed by atoms with Crippen LogP contribution in [0.25, 0.3) is 0 Å². The molecule has 1 aliphatic rings. The first-order valence-corrected chi connectivity index (χ1v) is 9.30. The Labute approximate surface area is 151 Å². The number of carbonyl (C=O) groups is 1. The summed E-state index contributed by atoms with van der Waals surface area (Å²) in [5, 5.41) is 6.41. The summed E-state index contributed by atoms with van der Waals surface area (Å²) in [5.41, 5.74) is 2.82. The summed E-state index contributed by atoms with van der Waals surface area (Å²) in [5.74, 6) is 0.612. The SMILES string of the molecule is Cc1ccc([C@H]2C[C@@H]2C(=O)Nc2cccc(Nc3ccccc3)c2)s1. The van der Waals surface area contributed by atoms with E-state index in [0.29, 0.717) is 5.92 Å². The van der Waals surface area contributed by atoms with Crippen LogP contribution in [0.5, 0.6) is 0 Å². The molecule has 3 aromatic rings. The lowest BCUT2D eigenvalue weighted by Crippen LogP contribution is -2.14. The lowest BCUT2D eigenvalue weighted by molar-refractivity contribution is -0.117. The molecule has 0 bridgehead atoms. The summed E-state index contributed by atoms with van der Waals surface area (Å²) in [6, 6.07) is 22.1. The van der Waals surface area contributed by atoms with Crippen LogP contribution in [0.4, 0.5) is 17.1 Å². The highest BCUT2D eigenvalue weighted by molar-refractivity contribution is 7.12. The molecule has 1 aromatic heterocycles. The number of aryl methyl sites for hydroxylation is 1. The summed E-state index contributed by atoms with van der Waals surface area (Å²) in [4.78, 5) is 15.1. The first-order valence-electron chi connectivity index (χ1n) is 8.48. The predicted molar refractivity (Wildman–Crippen MR) is 105 cm³/mol. The molecule has 1 amide bonds. The van der Waals surface area contributed by atoms with E-state index in [-0.39, 0.29) is 11.8 Å². The maximum absolute atomic E-state index is 12.5. The number of rotatable bonds is 5. The highest BCUT2D eigenvalue weighted by Gasteiger charge is 2.44. The second kappa shape index (κ2) is 6.73. The number of anilines is 3. The fourth-order valence-electron chi connectivity index (χ4n) is 3.05. The van der Waals surface area contributed by atoms with Gasteiger partial charge >= 0.3 is 0 Å². The Morgan fingerprint density at radius 1 is 0.960 bits per heavy atom. The van der Waals surface area contributed by atoms with Crippen molar-refractivity contribution in [2.24, 2.45) is 5.92 Å². The minimum Gasteiger partial charge on any atom is -0.355 e. The molecule has 0 unspecified atom stereocenters. The van der Waals surface area contributed by atoms with Crippen LogP contribution in [0.1, 0.15) is 22.1 Å². The largest absolute Gasteiger partial charge is 0.355 e. The van der Waals surface area contributed by atoms with Crippen LogP contribution >= 0.6 is 11.3 Å². The van der Waals surface area contributed by atoms with Gasteiger partial charge in [-0.1, -0.05) is 24.3 Å². The van der Waals surface area contributed by atoms with Gasteiger partial charge in [0.25, 0.3) is 0 Å². The van der Waals surface area contributed by atoms with E-state index in [4.69, 9.17) is 0 Å². The summed E-state index contributed by atoms with van der Waals surface area (Å²) in [6.45, 7) is 2.11. The molecular weight excluding hydrogens is 328 g/mol. The highest BCUT2D eigenvalue weighted by atomic mass is 32.1. The Balaban J connectivity index is 1.40. The van der Waals surface area contributed by atoms with Crippen LogP contribution in [-0.4, -0.2) is 5.91 Å². The third-order valence-electron chi connectivity index (χ3n) is 4.45. The quantitative estimate of drug-likeness (QED) is 0.635. The van der Waals surface area contributed by atoms with Gasteiger partial charge in [0.2, 0.25) is 5.91 Å². The average Bonchev–Trinajstić information content (AvgIpc) is 3.31. The van der Waals surface area contributed by atoms with Crippen molar-refractivity contribution in [3.8, 4) is 0 Å². The van der Waals surface area contributed by atoms with Gasteiger partial charge in [-0.25, -0.2) is 0 Å². The van der Waals surface area contributed by atoms with E-state index < -0.39 is 0 Å². The van der Waals surface area contributed by atoms with Crippen molar-refractivity contribution in [2.45, 2.75) is 19.3 Å². The Morgan fingerprint density at radius 3 is 2.48 bits per heavy atom. The van der Waals surface area contributed by atoms with Gasteiger partial charge in [0, 0.05) is 38.7 Å². The van der Waals surface area contributed by atoms with Crippen molar-refractivity contribution in [2.75, 3.05) is 10.6 Å². The molecule has 126 valence electrons. The van der Waals surface area contributed by atoms with Gasteiger partial charge in [-0.3, -0.25) is 4.79 Å². The molecule has 4 rings (SSSR count). The minimum absolute atomic E-state index is 0.101. The van der Waals surface area contributed by atoms with Gasteiger partial charge in [-0.2, -0.15) is 0 Å². The summed E-state index contributed by atoms with van der Waals surface area (Å²) in [7, 11) is 0. The van der Waals surface area contributed by atoms with E-state index in [9.17, 15) is 4.79 Å². The molecular formula is C21H20N2OS. The molecule has 0 spiro atoms. The number of carbonyl (C=O) groups excluding carboxylic acids is 1. The monoisotopic (exact) mass is 348 g/mol. The fourth-order valence-corrected chi connectivity index (χ4v) is 4.11. The molecule has 2 atom stereocenters. The smallest absolute Gasteiger partial charge is 0.228 e. The van der Waals surface area contributed by atoms with Crippen molar-refractivity contribution < 1.29 is 4.79 Å². The molecule has 2 N–H and O–H groups in total. The number of hydrogen-bond donors (Lipinski definition) is 2. The Kier molecular flexibility index (Phi) is 4.28. The topological polar surface area (TPSA) is 41.1 Å². The molecule has 25 heavy (non-hydrogen) atoms.